The van der Waals surface area contributed by atoms with Gasteiger partial charge in [0.25, 0.3) is 0 Å². The van der Waals surface area contributed by atoms with Crippen molar-refractivity contribution in [2.24, 2.45) is 0 Å². The van der Waals surface area contributed by atoms with Gasteiger partial charge in [0, 0.05) is 23.9 Å². The summed E-state index contributed by atoms with van der Waals surface area (Å²) >= 11 is 1.80. The first-order chi connectivity index (χ1) is 12.4. The Kier molecular flexibility index (Phi) is 6.08. The standard InChI is InChI=1S/C21H26N4S.HI/c1-13(2)24-5-7-25(8-6-24)17-10-15(4)21-19(12-17)26-18-11-16(22)9-14(3)20(18)23-21;/h9-13,22H,5-8H2,1-4H3;1H. The number of nitrogens with zero attached hydrogens (tertiary/aromatic N) is 3. The van der Waals surface area contributed by atoms with Gasteiger partial charge in [-0.1, -0.05) is 0 Å². The Labute approximate surface area is 182 Å². The predicted octanol–water partition coefficient (Wildman–Crippen LogP) is 0.100. The van der Waals surface area contributed by atoms with Crippen LogP contribution in [0.25, 0.3) is 20.8 Å². The highest BCUT2D eigenvalue weighted by molar-refractivity contribution is 7.21. The van der Waals surface area contributed by atoms with Crippen LogP contribution in [0.5, 0.6) is 0 Å². The smallest absolute Gasteiger partial charge is 0.201 e. The molecule has 27 heavy (non-hydrogen) atoms. The van der Waals surface area contributed by atoms with Crippen LogP contribution in [0.15, 0.2) is 24.3 Å². The van der Waals surface area contributed by atoms with Crippen LogP contribution in [-0.2, 0) is 0 Å². The van der Waals surface area contributed by atoms with Crippen LogP contribution in [0.3, 0.4) is 0 Å². The number of rotatable bonds is 1. The maximum Gasteiger partial charge on any atom is 0.201 e. The molecule has 1 aromatic carbocycles. The van der Waals surface area contributed by atoms with E-state index >= 15 is 0 Å². The molecular formula is C21H27IN4S. The van der Waals surface area contributed by atoms with E-state index in [0.717, 1.165) is 53.3 Å². The molecule has 6 heteroatoms. The number of hydrogen-bond acceptors (Lipinski definition) is 4. The molecule has 1 fully saturated rings. The molecule has 2 heterocycles. The van der Waals surface area contributed by atoms with Gasteiger partial charge in [-0.15, -0.1) is 11.3 Å². The van der Waals surface area contributed by atoms with Gasteiger partial charge in [-0.25, -0.2) is 9.56 Å². The van der Waals surface area contributed by atoms with Crippen LogP contribution in [-0.4, -0.2) is 42.1 Å². The molecule has 1 aliphatic carbocycles. The first-order valence-electron chi connectivity index (χ1n) is 9.35. The fourth-order valence-electron chi connectivity index (χ4n) is 3.85. The number of nitrogens with two attached hydrogens (primary N) is 1. The number of anilines is 1. The second-order valence-electron chi connectivity index (χ2n) is 7.62. The van der Waals surface area contributed by atoms with Crippen molar-refractivity contribution in [1.29, 1.82) is 0 Å². The summed E-state index contributed by atoms with van der Waals surface area (Å²) in [4.78, 5) is 8.76. The SMILES string of the molecule is Cc1cc(=[N+]2CCN(C(C)C)CC2)cc2sc3cc(N)cc(C)c3nc1-2.[I-]. The number of hydrogen-bond donors (Lipinski definition) is 1. The molecule has 0 unspecified atom stereocenters. The Morgan fingerprint density at radius 3 is 2.44 bits per heavy atom. The fraction of sp³-hybridized carbons (Fsp3) is 0.429. The van der Waals surface area contributed by atoms with E-state index in [9.17, 15) is 0 Å². The van der Waals surface area contributed by atoms with Crippen LogP contribution < -0.4 is 39.6 Å². The normalized spacial score (nSPS) is 15.5. The Hall–Kier alpha value is -1.25. The highest BCUT2D eigenvalue weighted by Gasteiger charge is 2.22. The lowest BCUT2D eigenvalue weighted by molar-refractivity contribution is -0.00000562. The van der Waals surface area contributed by atoms with Crippen LogP contribution in [0, 0.1) is 13.8 Å². The van der Waals surface area contributed by atoms with E-state index < -0.39 is 0 Å². The number of aryl methyl sites for hydroxylation is 2. The van der Waals surface area contributed by atoms with Gasteiger partial charge >= 0.3 is 0 Å². The minimum atomic E-state index is 0. The molecule has 4 rings (SSSR count). The number of halogens is 1. The number of nitrogen functional groups attached to an aromatic ring is 1. The molecule has 0 spiro atoms. The van der Waals surface area contributed by atoms with E-state index in [0.29, 0.717) is 6.04 Å². The van der Waals surface area contributed by atoms with Crippen molar-refractivity contribution in [3.8, 4) is 10.6 Å². The average molecular weight is 494 g/mol. The van der Waals surface area contributed by atoms with Crippen molar-refractivity contribution in [1.82, 2.24) is 14.5 Å². The van der Waals surface area contributed by atoms with Gasteiger partial charge in [0.05, 0.1) is 33.9 Å². The van der Waals surface area contributed by atoms with Crippen molar-refractivity contribution in [2.45, 2.75) is 33.7 Å². The lowest BCUT2D eigenvalue weighted by atomic mass is 10.1. The van der Waals surface area contributed by atoms with Gasteiger partial charge in [0.15, 0.2) is 13.1 Å². The maximum absolute atomic E-state index is 6.05. The zero-order valence-electron chi connectivity index (χ0n) is 16.4. The van der Waals surface area contributed by atoms with E-state index in [1.54, 1.807) is 11.3 Å². The zero-order chi connectivity index (χ0) is 18.4. The van der Waals surface area contributed by atoms with Gasteiger partial charge in [-0.3, -0.25) is 4.90 Å². The Morgan fingerprint density at radius 1 is 1.07 bits per heavy atom. The molecule has 0 amide bonds. The third-order valence-electron chi connectivity index (χ3n) is 5.39. The largest absolute Gasteiger partial charge is 1.00 e. The number of fused-ring (bicyclic) bond motifs is 2. The number of aromatic nitrogens is 1. The summed E-state index contributed by atoms with van der Waals surface area (Å²) in [6, 6.07) is 9.28. The molecule has 0 bridgehead atoms. The first-order valence-corrected chi connectivity index (χ1v) is 10.2. The molecule has 0 radical (unpaired) electrons. The van der Waals surface area contributed by atoms with Gasteiger partial charge in [-0.05, 0) is 51.0 Å². The van der Waals surface area contributed by atoms with Crippen molar-refractivity contribution in [3.63, 3.8) is 0 Å². The third kappa shape index (κ3) is 3.98. The molecule has 3 aliphatic rings. The monoisotopic (exact) mass is 494 g/mol. The minimum absolute atomic E-state index is 0. The summed E-state index contributed by atoms with van der Waals surface area (Å²) in [5.74, 6) is 0. The molecular weight excluding hydrogens is 467 g/mol. The zero-order valence-corrected chi connectivity index (χ0v) is 19.4. The quantitative estimate of drug-likeness (QED) is 0.226. The van der Waals surface area contributed by atoms with Crippen molar-refractivity contribution < 1.29 is 24.0 Å². The van der Waals surface area contributed by atoms with Gasteiger partial charge in [0.1, 0.15) is 0 Å². The second-order valence-corrected chi connectivity index (χ2v) is 8.71. The van der Waals surface area contributed by atoms with E-state index in [1.165, 1.54) is 15.8 Å². The molecule has 4 nitrogen and oxygen atoms in total. The maximum atomic E-state index is 6.05. The Bertz CT molecular complexity index is 1010. The molecule has 0 aromatic heterocycles. The van der Waals surface area contributed by atoms with Crippen molar-refractivity contribution >= 4 is 27.2 Å². The number of piperazine rings is 1. The van der Waals surface area contributed by atoms with E-state index in [-0.39, 0.29) is 24.0 Å². The van der Waals surface area contributed by atoms with E-state index in [2.05, 4.69) is 49.3 Å². The predicted molar refractivity (Wildman–Crippen MR) is 112 cm³/mol. The van der Waals surface area contributed by atoms with Gasteiger partial charge in [-0.2, -0.15) is 0 Å². The average Bonchev–Trinajstić information content (AvgIpc) is 2.60. The van der Waals surface area contributed by atoms with Gasteiger partial charge in [0.2, 0.25) is 5.36 Å². The van der Waals surface area contributed by atoms with Crippen LogP contribution in [0.1, 0.15) is 25.0 Å². The van der Waals surface area contributed by atoms with Crippen LogP contribution >= 0.6 is 11.3 Å². The summed E-state index contributed by atoms with van der Waals surface area (Å²) in [6.45, 7) is 13.2. The molecule has 144 valence electrons. The topological polar surface area (TPSA) is 45.2 Å². The van der Waals surface area contributed by atoms with Crippen LogP contribution in [0.4, 0.5) is 5.69 Å². The summed E-state index contributed by atoms with van der Waals surface area (Å²) in [5.41, 5.74) is 11.4. The van der Waals surface area contributed by atoms with E-state index in [4.69, 9.17) is 10.7 Å². The highest BCUT2D eigenvalue weighted by atomic mass is 127. The molecule has 0 saturated carbocycles. The molecule has 1 aromatic rings. The lowest BCUT2D eigenvalue weighted by Gasteiger charge is -2.28. The summed E-state index contributed by atoms with van der Waals surface area (Å²) in [7, 11) is 0. The fourth-order valence-corrected chi connectivity index (χ4v) is 5.07. The summed E-state index contributed by atoms with van der Waals surface area (Å²) in [6.07, 6.45) is 0. The molecule has 2 N–H and O–H groups in total. The van der Waals surface area contributed by atoms with E-state index in [1.807, 2.05) is 12.1 Å². The van der Waals surface area contributed by atoms with Crippen molar-refractivity contribution in [2.75, 3.05) is 31.9 Å². The second kappa shape index (κ2) is 8.01. The van der Waals surface area contributed by atoms with Gasteiger partial charge < -0.3 is 29.7 Å². The van der Waals surface area contributed by atoms with Crippen molar-refractivity contribution in [3.05, 3.63) is 40.7 Å². The Balaban J connectivity index is 0.00000210. The lowest BCUT2D eigenvalue weighted by Crippen LogP contribution is -3.00. The highest BCUT2D eigenvalue weighted by Crippen LogP contribution is 2.33. The summed E-state index contributed by atoms with van der Waals surface area (Å²) < 4.78 is 3.67. The molecule has 1 saturated heterocycles. The molecule has 2 aliphatic heterocycles. The third-order valence-corrected chi connectivity index (χ3v) is 6.45. The summed E-state index contributed by atoms with van der Waals surface area (Å²) in [5, 5.41) is 1.32. The molecule has 0 atom stereocenters. The minimum Gasteiger partial charge on any atom is -1.00 e. The number of benzene rings is 2. The van der Waals surface area contributed by atoms with Crippen LogP contribution in [0.2, 0.25) is 0 Å². The Morgan fingerprint density at radius 2 is 1.78 bits per heavy atom. The first kappa shape index (κ1) is 20.5.